The summed E-state index contributed by atoms with van der Waals surface area (Å²) >= 11 is 4.96. The van der Waals surface area contributed by atoms with Gasteiger partial charge in [0.25, 0.3) is 0 Å². The number of nitrogens with two attached hydrogens (primary N) is 1. The first-order valence-corrected chi connectivity index (χ1v) is 6.41. The maximum Gasteiger partial charge on any atom is 0.227 e. The minimum absolute atomic E-state index is 0.0257. The van der Waals surface area contributed by atoms with Crippen molar-refractivity contribution in [3.63, 3.8) is 0 Å². The van der Waals surface area contributed by atoms with E-state index < -0.39 is 5.41 Å². The molecular formula is C13H20N4OS. The lowest BCUT2D eigenvalue weighted by Gasteiger charge is -2.23. The van der Waals surface area contributed by atoms with Crippen molar-refractivity contribution < 1.29 is 4.79 Å². The number of amides is 1. The molecule has 1 rings (SSSR count). The average molecular weight is 280 g/mol. The molecule has 19 heavy (non-hydrogen) atoms. The Bertz CT molecular complexity index is 499. The van der Waals surface area contributed by atoms with E-state index >= 15 is 0 Å². The van der Waals surface area contributed by atoms with Gasteiger partial charge in [-0.3, -0.25) is 4.79 Å². The number of anilines is 1. The summed E-state index contributed by atoms with van der Waals surface area (Å²) in [5.74, 6) is 0.641. The van der Waals surface area contributed by atoms with Crippen LogP contribution in [-0.4, -0.2) is 29.5 Å². The number of carbonyl (C=O) groups is 1. The van der Waals surface area contributed by atoms with Gasteiger partial charge in [-0.15, -0.1) is 0 Å². The van der Waals surface area contributed by atoms with E-state index in [1.165, 1.54) is 0 Å². The van der Waals surface area contributed by atoms with Gasteiger partial charge in [-0.2, -0.15) is 0 Å². The molecule has 1 heterocycles. The summed E-state index contributed by atoms with van der Waals surface area (Å²) in [6.07, 6.45) is 0. The molecule has 0 atom stereocenters. The van der Waals surface area contributed by atoms with Crippen molar-refractivity contribution in [3.05, 3.63) is 23.4 Å². The number of aryl methyl sites for hydroxylation is 1. The molecule has 0 aliphatic heterocycles. The maximum atomic E-state index is 11.7. The van der Waals surface area contributed by atoms with Gasteiger partial charge in [-0.1, -0.05) is 12.2 Å². The Balaban J connectivity index is 2.83. The van der Waals surface area contributed by atoms with Crippen molar-refractivity contribution in [2.45, 2.75) is 20.8 Å². The fourth-order valence-electron chi connectivity index (χ4n) is 1.63. The third kappa shape index (κ3) is 4.17. The molecular weight excluding hydrogens is 260 g/mol. The van der Waals surface area contributed by atoms with Crippen molar-refractivity contribution in [2.75, 3.05) is 18.9 Å². The van der Waals surface area contributed by atoms with E-state index in [1.54, 1.807) is 13.1 Å². The number of nitrogens with zero attached hydrogens (tertiary/aromatic N) is 1. The van der Waals surface area contributed by atoms with Crippen LogP contribution in [0.3, 0.4) is 0 Å². The van der Waals surface area contributed by atoms with Gasteiger partial charge in [-0.05, 0) is 32.9 Å². The average Bonchev–Trinajstić information content (AvgIpc) is 2.34. The molecule has 5 nitrogen and oxygen atoms in total. The molecule has 0 fully saturated rings. The first-order valence-electron chi connectivity index (χ1n) is 6.01. The molecule has 1 aromatic heterocycles. The first-order chi connectivity index (χ1) is 8.76. The monoisotopic (exact) mass is 280 g/mol. The van der Waals surface area contributed by atoms with Gasteiger partial charge in [0.15, 0.2) is 0 Å². The Labute approximate surface area is 119 Å². The molecule has 0 aliphatic carbocycles. The van der Waals surface area contributed by atoms with Gasteiger partial charge in [0.05, 0.1) is 5.41 Å². The third-order valence-electron chi connectivity index (χ3n) is 2.79. The molecule has 1 aromatic rings. The van der Waals surface area contributed by atoms with Crippen molar-refractivity contribution in [1.82, 2.24) is 10.3 Å². The SMILES string of the molecule is CNC(=O)C(C)(C)CNc1cc(C(N)=S)cc(C)n1. The number of carbonyl (C=O) groups excluding carboxylic acids is 1. The molecule has 0 bridgehead atoms. The van der Waals surface area contributed by atoms with Gasteiger partial charge in [-0.25, -0.2) is 4.98 Å². The lowest BCUT2D eigenvalue weighted by Crippen LogP contribution is -2.39. The Morgan fingerprint density at radius 1 is 1.47 bits per heavy atom. The molecule has 0 radical (unpaired) electrons. The Morgan fingerprint density at radius 3 is 2.63 bits per heavy atom. The van der Waals surface area contributed by atoms with E-state index in [4.69, 9.17) is 18.0 Å². The van der Waals surface area contributed by atoms with E-state index in [0.29, 0.717) is 17.4 Å². The highest BCUT2D eigenvalue weighted by atomic mass is 32.1. The van der Waals surface area contributed by atoms with Gasteiger partial charge in [0.2, 0.25) is 5.91 Å². The quantitative estimate of drug-likeness (QED) is 0.706. The minimum Gasteiger partial charge on any atom is -0.389 e. The predicted molar refractivity (Wildman–Crippen MR) is 81.2 cm³/mol. The number of aromatic nitrogens is 1. The van der Waals surface area contributed by atoms with Crippen LogP contribution in [-0.2, 0) is 4.79 Å². The fourth-order valence-corrected chi connectivity index (χ4v) is 1.75. The summed E-state index contributed by atoms with van der Waals surface area (Å²) in [6, 6.07) is 3.62. The number of nitrogens with one attached hydrogen (secondary N) is 2. The van der Waals surface area contributed by atoms with Crippen molar-refractivity contribution in [2.24, 2.45) is 11.1 Å². The Hall–Kier alpha value is -1.69. The Kier molecular flexibility index (Phi) is 4.83. The standard InChI is InChI=1S/C13H20N4OS/c1-8-5-9(11(14)19)6-10(17-8)16-7-13(2,3)12(18)15-4/h5-6H,7H2,1-4H3,(H2,14,19)(H,15,18)(H,16,17). The van der Waals surface area contributed by atoms with E-state index in [2.05, 4.69) is 15.6 Å². The molecule has 0 aromatic carbocycles. The second kappa shape index (κ2) is 5.97. The number of pyridine rings is 1. The predicted octanol–water partition coefficient (Wildman–Crippen LogP) is 1.21. The van der Waals surface area contributed by atoms with Crippen LogP contribution in [0.15, 0.2) is 12.1 Å². The van der Waals surface area contributed by atoms with Crippen LogP contribution in [0, 0.1) is 12.3 Å². The first kappa shape index (κ1) is 15.4. The second-order valence-electron chi connectivity index (χ2n) is 5.06. The Morgan fingerprint density at radius 2 is 2.11 bits per heavy atom. The van der Waals surface area contributed by atoms with Crippen LogP contribution >= 0.6 is 12.2 Å². The highest BCUT2D eigenvalue weighted by Crippen LogP contribution is 2.17. The van der Waals surface area contributed by atoms with Gasteiger partial charge in [0, 0.05) is 24.8 Å². The largest absolute Gasteiger partial charge is 0.389 e. The molecule has 0 saturated carbocycles. The van der Waals surface area contributed by atoms with Gasteiger partial charge < -0.3 is 16.4 Å². The van der Waals surface area contributed by atoms with Crippen LogP contribution in [0.25, 0.3) is 0 Å². The van der Waals surface area contributed by atoms with E-state index in [9.17, 15) is 4.79 Å². The van der Waals surface area contributed by atoms with Crippen LogP contribution < -0.4 is 16.4 Å². The third-order valence-corrected chi connectivity index (χ3v) is 3.03. The topological polar surface area (TPSA) is 80.0 Å². The second-order valence-corrected chi connectivity index (χ2v) is 5.50. The van der Waals surface area contributed by atoms with Crippen LogP contribution in [0.4, 0.5) is 5.82 Å². The molecule has 0 aliphatic rings. The molecule has 6 heteroatoms. The smallest absolute Gasteiger partial charge is 0.227 e. The summed E-state index contributed by atoms with van der Waals surface area (Å²) in [5, 5.41) is 5.79. The zero-order chi connectivity index (χ0) is 14.6. The molecule has 0 unspecified atom stereocenters. The summed E-state index contributed by atoms with van der Waals surface area (Å²) < 4.78 is 0. The van der Waals surface area contributed by atoms with Gasteiger partial charge >= 0.3 is 0 Å². The zero-order valence-corrected chi connectivity index (χ0v) is 12.5. The van der Waals surface area contributed by atoms with Crippen LogP contribution in [0.2, 0.25) is 0 Å². The summed E-state index contributed by atoms with van der Waals surface area (Å²) in [7, 11) is 1.62. The van der Waals surface area contributed by atoms with Crippen molar-refractivity contribution in [1.29, 1.82) is 0 Å². The van der Waals surface area contributed by atoms with Crippen molar-refractivity contribution >= 4 is 28.9 Å². The number of rotatable bonds is 5. The fraction of sp³-hybridized carbons (Fsp3) is 0.462. The van der Waals surface area contributed by atoms with E-state index in [-0.39, 0.29) is 5.91 Å². The molecule has 104 valence electrons. The number of thiocarbonyl (C=S) groups is 1. The molecule has 0 saturated heterocycles. The van der Waals surface area contributed by atoms with Crippen LogP contribution in [0.5, 0.6) is 0 Å². The highest BCUT2D eigenvalue weighted by molar-refractivity contribution is 7.80. The lowest BCUT2D eigenvalue weighted by atomic mass is 9.92. The number of hydrogen-bond donors (Lipinski definition) is 3. The van der Waals surface area contributed by atoms with E-state index in [1.807, 2.05) is 26.8 Å². The highest BCUT2D eigenvalue weighted by Gasteiger charge is 2.26. The van der Waals surface area contributed by atoms with E-state index in [0.717, 1.165) is 11.3 Å². The molecule has 4 N–H and O–H groups in total. The van der Waals surface area contributed by atoms with Crippen molar-refractivity contribution in [3.8, 4) is 0 Å². The number of hydrogen-bond acceptors (Lipinski definition) is 4. The minimum atomic E-state index is -0.524. The normalized spacial score (nSPS) is 10.9. The molecule has 0 spiro atoms. The van der Waals surface area contributed by atoms with Gasteiger partial charge in [0.1, 0.15) is 10.8 Å². The zero-order valence-electron chi connectivity index (χ0n) is 11.7. The summed E-state index contributed by atoms with van der Waals surface area (Å²) in [6.45, 7) is 6.07. The maximum absolute atomic E-state index is 11.7. The lowest BCUT2D eigenvalue weighted by molar-refractivity contribution is -0.128. The molecule has 1 amide bonds. The van der Waals surface area contributed by atoms with Crippen LogP contribution in [0.1, 0.15) is 25.1 Å². The summed E-state index contributed by atoms with van der Waals surface area (Å²) in [4.78, 5) is 16.4. The summed E-state index contributed by atoms with van der Waals surface area (Å²) in [5.41, 5.74) is 6.68.